The van der Waals surface area contributed by atoms with Gasteiger partial charge in [-0.15, -0.1) is 10.2 Å². The van der Waals surface area contributed by atoms with Crippen LogP contribution in [0.3, 0.4) is 0 Å². The van der Waals surface area contributed by atoms with Gasteiger partial charge in [0, 0.05) is 24.0 Å². The Morgan fingerprint density at radius 1 is 1.12 bits per heavy atom. The number of rotatable bonds is 3. The lowest BCUT2D eigenvalue weighted by Gasteiger charge is -2.21. The number of benzene rings is 2. The summed E-state index contributed by atoms with van der Waals surface area (Å²) >= 11 is 3.30. The number of halogens is 2. The Labute approximate surface area is 158 Å². The standard InChI is InChI=1S/C19H17BrFN5/c1-11(2)17-23-24-19-22-18(25(3)12-7-5-4-6-8-12)13-9-15(21)14(20)10-16(13)26(17)19/h4-11H,1-3H3. The zero-order chi connectivity index (χ0) is 18.4. The number of aromatic nitrogens is 4. The minimum Gasteiger partial charge on any atom is -0.329 e. The molecule has 0 radical (unpaired) electrons. The number of fused-ring (bicyclic) bond motifs is 3. The van der Waals surface area contributed by atoms with Crippen LogP contribution in [0.2, 0.25) is 0 Å². The molecule has 0 aliphatic rings. The Bertz CT molecular complexity index is 1110. The molecule has 4 rings (SSSR count). The lowest BCUT2D eigenvalue weighted by Crippen LogP contribution is -2.13. The van der Waals surface area contributed by atoms with Crippen LogP contribution >= 0.6 is 15.9 Å². The molecule has 132 valence electrons. The maximum atomic E-state index is 14.3. The first-order valence-corrected chi connectivity index (χ1v) is 9.09. The van der Waals surface area contributed by atoms with Crippen LogP contribution in [0.25, 0.3) is 16.7 Å². The van der Waals surface area contributed by atoms with Crippen molar-refractivity contribution in [1.82, 2.24) is 19.6 Å². The molecule has 0 N–H and O–H groups in total. The zero-order valence-electron chi connectivity index (χ0n) is 14.6. The highest BCUT2D eigenvalue weighted by Gasteiger charge is 2.20. The molecule has 26 heavy (non-hydrogen) atoms. The van der Waals surface area contributed by atoms with E-state index in [1.54, 1.807) is 6.07 Å². The van der Waals surface area contributed by atoms with E-state index < -0.39 is 0 Å². The Balaban J connectivity index is 2.08. The molecule has 0 atom stereocenters. The highest BCUT2D eigenvalue weighted by atomic mass is 79.9. The summed E-state index contributed by atoms with van der Waals surface area (Å²) in [7, 11) is 1.91. The smallest absolute Gasteiger partial charge is 0.257 e. The van der Waals surface area contributed by atoms with Crippen LogP contribution in [-0.4, -0.2) is 26.6 Å². The molecule has 2 heterocycles. The Kier molecular flexibility index (Phi) is 4.11. The first-order valence-electron chi connectivity index (χ1n) is 8.30. The van der Waals surface area contributed by atoms with Crippen molar-refractivity contribution in [2.24, 2.45) is 0 Å². The van der Waals surface area contributed by atoms with Crippen molar-refractivity contribution in [3.8, 4) is 0 Å². The number of para-hydroxylation sites is 1. The summed E-state index contributed by atoms with van der Waals surface area (Å²) in [5.41, 5.74) is 1.77. The predicted molar refractivity (Wildman–Crippen MR) is 105 cm³/mol. The molecule has 0 fully saturated rings. The van der Waals surface area contributed by atoms with Crippen LogP contribution in [0.1, 0.15) is 25.6 Å². The quantitative estimate of drug-likeness (QED) is 0.470. The van der Waals surface area contributed by atoms with Crippen molar-refractivity contribution in [1.29, 1.82) is 0 Å². The normalized spacial score (nSPS) is 11.6. The van der Waals surface area contributed by atoms with E-state index in [1.165, 1.54) is 6.07 Å². The lowest BCUT2D eigenvalue weighted by molar-refractivity contribution is 0.623. The van der Waals surface area contributed by atoms with Crippen LogP contribution in [0.5, 0.6) is 0 Å². The summed E-state index contributed by atoms with van der Waals surface area (Å²) in [5.74, 6) is 1.76. The third-order valence-corrected chi connectivity index (χ3v) is 4.98. The van der Waals surface area contributed by atoms with Gasteiger partial charge in [0.05, 0.1) is 9.99 Å². The van der Waals surface area contributed by atoms with Crippen molar-refractivity contribution < 1.29 is 4.39 Å². The lowest BCUT2D eigenvalue weighted by atomic mass is 10.1. The summed E-state index contributed by atoms with van der Waals surface area (Å²) in [5, 5.41) is 9.24. The Morgan fingerprint density at radius 2 is 1.85 bits per heavy atom. The van der Waals surface area contributed by atoms with Gasteiger partial charge in [-0.25, -0.2) is 4.39 Å². The van der Waals surface area contributed by atoms with Gasteiger partial charge in [0.15, 0.2) is 0 Å². The molecule has 0 saturated heterocycles. The van der Waals surface area contributed by atoms with Crippen LogP contribution < -0.4 is 4.90 Å². The fraction of sp³-hybridized carbons (Fsp3) is 0.211. The van der Waals surface area contributed by atoms with Crippen LogP contribution in [0, 0.1) is 5.82 Å². The van der Waals surface area contributed by atoms with Gasteiger partial charge >= 0.3 is 0 Å². The Morgan fingerprint density at radius 3 is 2.54 bits per heavy atom. The minimum absolute atomic E-state index is 0.163. The van der Waals surface area contributed by atoms with Gasteiger partial charge in [-0.3, -0.25) is 4.40 Å². The molecule has 0 spiro atoms. The van der Waals surface area contributed by atoms with E-state index >= 15 is 0 Å². The third kappa shape index (κ3) is 2.63. The van der Waals surface area contributed by atoms with Crippen molar-refractivity contribution in [2.45, 2.75) is 19.8 Å². The van der Waals surface area contributed by atoms with Gasteiger partial charge in [-0.2, -0.15) is 4.98 Å². The van der Waals surface area contributed by atoms with Crippen molar-refractivity contribution >= 4 is 44.1 Å². The maximum absolute atomic E-state index is 14.3. The number of anilines is 2. The number of nitrogens with zero attached hydrogens (tertiary/aromatic N) is 5. The van der Waals surface area contributed by atoms with Gasteiger partial charge in [0.1, 0.15) is 17.5 Å². The van der Waals surface area contributed by atoms with Crippen LogP contribution in [0.15, 0.2) is 46.9 Å². The first kappa shape index (κ1) is 16.9. The highest BCUT2D eigenvalue weighted by Crippen LogP contribution is 2.34. The fourth-order valence-corrected chi connectivity index (χ4v) is 3.38. The second-order valence-electron chi connectivity index (χ2n) is 6.46. The molecule has 0 aliphatic heterocycles. The van der Waals surface area contributed by atoms with E-state index in [1.807, 2.05) is 60.5 Å². The molecule has 0 amide bonds. The average Bonchev–Trinajstić information content (AvgIpc) is 3.07. The second-order valence-corrected chi connectivity index (χ2v) is 7.32. The number of hydrogen-bond acceptors (Lipinski definition) is 4. The molecule has 4 aromatic rings. The van der Waals surface area contributed by atoms with Gasteiger partial charge in [-0.05, 0) is 40.2 Å². The molecule has 0 saturated carbocycles. The SMILES string of the molecule is CC(C)c1nnc2nc(N(C)c3ccccc3)c3cc(F)c(Br)cc3n12. The van der Waals surface area contributed by atoms with E-state index in [9.17, 15) is 4.39 Å². The molecular formula is C19H17BrFN5. The first-order chi connectivity index (χ1) is 12.5. The molecule has 0 bridgehead atoms. The van der Waals surface area contributed by atoms with Crippen molar-refractivity contribution in [2.75, 3.05) is 11.9 Å². The molecule has 2 aromatic carbocycles. The van der Waals surface area contributed by atoms with Crippen LogP contribution in [0.4, 0.5) is 15.9 Å². The maximum Gasteiger partial charge on any atom is 0.257 e. The Hall–Kier alpha value is -2.54. The molecule has 0 unspecified atom stereocenters. The molecule has 2 aromatic heterocycles. The van der Waals surface area contributed by atoms with E-state index in [0.29, 0.717) is 21.5 Å². The fourth-order valence-electron chi connectivity index (χ4n) is 3.05. The highest BCUT2D eigenvalue weighted by molar-refractivity contribution is 9.10. The van der Waals surface area contributed by atoms with E-state index in [2.05, 4.69) is 31.1 Å². The predicted octanol–water partition coefficient (Wildman–Crippen LogP) is 5.07. The third-order valence-electron chi connectivity index (χ3n) is 4.37. The summed E-state index contributed by atoms with van der Waals surface area (Å²) < 4.78 is 16.6. The minimum atomic E-state index is -0.333. The number of hydrogen-bond donors (Lipinski definition) is 0. The van der Waals surface area contributed by atoms with E-state index in [-0.39, 0.29) is 11.7 Å². The largest absolute Gasteiger partial charge is 0.329 e. The summed E-state index contributed by atoms with van der Waals surface area (Å²) in [6.07, 6.45) is 0. The van der Waals surface area contributed by atoms with Crippen molar-refractivity contribution in [3.63, 3.8) is 0 Å². The van der Waals surface area contributed by atoms with Crippen molar-refractivity contribution in [3.05, 3.63) is 58.6 Å². The van der Waals surface area contributed by atoms with E-state index in [0.717, 1.165) is 17.0 Å². The monoisotopic (exact) mass is 413 g/mol. The molecule has 7 heteroatoms. The molecular weight excluding hydrogens is 397 g/mol. The van der Waals surface area contributed by atoms with E-state index in [4.69, 9.17) is 0 Å². The van der Waals surface area contributed by atoms with Gasteiger partial charge in [0.2, 0.25) is 0 Å². The van der Waals surface area contributed by atoms with Gasteiger partial charge < -0.3 is 4.90 Å². The zero-order valence-corrected chi connectivity index (χ0v) is 16.2. The summed E-state index contributed by atoms with van der Waals surface area (Å²) in [6, 6.07) is 13.1. The molecule has 5 nitrogen and oxygen atoms in total. The summed E-state index contributed by atoms with van der Waals surface area (Å²) in [6.45, 7) is 4.09. The van der Waals surface area contributed by atoms with Gasteiger partial charge in [-0.1, -0.05) is 32.0 Å². The second kappa shape index (κ2) is 6.32. The van der Waals surface area contributed by atoms with Crippen LogP contribution in [-0.2, 0) is 0 Å². The molecule has 0 aliphatic carbocycles. The van der Waals surface area contributed by atoms with Gasteiger partial charge in [0.25, 0.3) is 5.78 Å². The topological polar surface area (TPSA) is 46.3 Å². The summed E-state index contributed by atoms with van der Waals surface area (Å²) in [4.78, 5) is 6.62. The average molecular weight is 414 g/mol.